The Morgan fingerprint density at radius 2 is 1.89 bits per heavy atom. The molecule has 3 aromatic rings. The molecule has 0 aliphatic carbocycles. The predicted molar refractivity (Wildman–Crippen MR) is 139 cm³/mol. The number of carbonyl (C=O) groups excluding carboxylic acids is 1. The van der Waals surface area contributed by atoms with Gasteiger partial charge in [0.05, 0.1) is 6.10 Å². The standard InChI is InChI=1S/C29H34FN3O3/c1-4-27(22-9-13-25(14-10-22)35-19-21-7-11-23(30)12-8-21)32-24-15-17-33(18-24)28-26(6-5-16-31-28)29(34)36-20(2)3/h5-14,16,20,24,27,32H,4,15,17-19H2,1-3H3/t24-,27?/m1/s1. The number of hydrogen-bond donors (Lipinski definition) is 1. The third kappa shape index (κ3) is 6.61. The minimum atomic E-state index is -0.335. The normalized spacial score (nSPS) is 16.2. The summed E-state index contributed by atoms with van der Waals surface area (Å²) >= 11 is 0. The largest absolute Gasteiger partial charge is 0.489 e. The van der Waals surface area contributed by atoms with Crippen molar-refractivity contribution in [3.8, 4) is 5.75 Å². The number of halogens is 1. The first kappa shape index (κ1) is 25.6. The highest BCUT2D eigenvalue weighted by Crippen LogP contribution is 2.26. The Labute approximate surface area is 212 Å². The summed E-state index contributed by atoms with van der Waals surface area (Å²) in [4.78, 5) is 19.2. The third-order valence-corrected chi connectivity index (χ3v) is 6.28. The fourth-order valence-electron chi connectivity index (χ4n) is 4.45. The van der Waals surface area contributed by atoms with Crippen molar-refractivity contribution in [2.24, 2.45) is 0 Å². The molecule has 7 heteroatoms. The Hall–Kier alpha value is -3.45. The highest BCUT2D eigenvalue weighted by molar-refractivity contribution is 5.94. The molecule has 190 valence electrons. The number of benzene rings is 2. The van der Waals surface area contributed by atoms with E-state index in [-0.39, 0.29) is 30.0 Å². The minimum Gasteiger partial charge on any atom is -0.489 e. The average Bonchev–Trinajstić information content (AvgIpc) is 3.35. The fourth-order valence-corrected chi connectivity index (χ4v) is 4.45. The van der Waals surface area contributed by atoms with Crippen LogP contribution in [0.2, 0.25) is 0 Å². The van der Waals surface area contributed by atoms with Gasteiger partial charge >= 0.3 is 5.97 Å². The molecule has 1 fully saturated rings. The Morgan fingerprint density at radius 1 is 1.14 bits per heavy atom. The van der Waals surface area contributed by atoms with Crippen LogP contribution in [-0.2, 0) is 11.3 Å². The molecule has 1 saturated heterocycles. The monoisotopic (exact) mass is 491 g/mol. The van der Waals surface area contributed by atoms with Gasteiger partial charge in [-0.25, -0.2) is 14.2 Å². The van der Waals surface area contributed by atoms with Crippen molar-refractivity contribution in [2.75, 3.05) is 18.0 Å². The SMILES string of the molecule is CCC(N[C@@H]1CCN(c2ncccc2C(=O)OC(C)C)C1)c1ccc(OCc2ccc(F)cc2)cc1. The molecule has 0 radical (unpaired) electrons. The van der Waals surface area contributed by atoms with Crippen LogP contribution in [0.1, 0.15) is 61.1 Å². The lowest BCUT2D eigenvalue weighted by atomic mass is 10.0. The van der Waals surface area contributed by atoms with Crippen LogP contribution in [0, 0.1) is 5.82 Å². The summed E-state index contributed by atoms with van der Waals surface area (Å²) in [5.74, 6) is 0.877. The second kappa shape index (κ2) is 12.0. The van der Waals surface area contributed by atoms with Gasteiger partial charge < -0.3 is 19.7 Å². The van der Waals surface area contributed by atoms with Crippen molar-refractivity contribution in [1.29, 1.82) is 0 Å². The number of nitrogens with zero attached hydrogens (tertiary/aromatic N) is 2. The van der Waals surface area contributed by atoms with E-state index in [1.165, 1.54) is 17.7 Å². The predicted octanol–water partition coefficient (Wildman–Crippen LogP) is 5.68. The van der Waals surface area contributed by atoms with Crippen LogP contribution in [0.5, 0.6) is 5.75 Å². The molecule has 36 heavy (non-hydrogen) atoms. The maximum atomic E-state index is 13.1. The van der Waals surface area contributed by atoms with Gasteiger partial charge in [0.15, 0.2) is 0 Å². The number of anilines is 1. The molecule has 0 bridgehead atoms. The number of esters is 1. The van der Waals surface area contributed by atoms with E-state index in [2.05, 4.69) is 34.3 Å². The third-order valence-electron chi connectivity index (χ3n) is 6.28. The van der Waals surface area contributed by atoms with Crippen LogP contribution in [0.25, 0.3) is 0 Å². The molecule has 1 unspecified atom stereocenters. The highest BCUT2D eigenvalue weighted by atomic mass is 19.1. The minimum absolute atomic E-state index is 0.177. The Bertz CT molecular complexity index is 1140. The van der Waals surface area contributed by atoms with Crippen LogP contribution < -0.4 is 15.0 Å². The first-order valence-corrected chi connectivity index (χ1v) is 12.6. The fraction of sp³-hybridized carbons (Fsp3) is 0.379. The first-order chi connectivity index (χ1) is 17.4. The number of hydrogen-bond acceptors (Lipinski definition) is 6. The van der Waals surface area contributed by atoms with E-state index in [0.29, 0.717) is 18.0 Å². The molecule has 4 rings (SSSR count). The van der Waals surface area contributed by atoms with E-state index in [1.54, 1.807) is 30.5 Å². The lowest BCUT2D eigenvalue weighted by Gasteiger charge is -2.24. The molecule has 0 amide bonds. The van der Waals surface area contributed by atoms with E-state index < -0.39 is 0 Å². The van der Waals surface area contributed by atoms with E-state index in [4.69, 9.17) is 9.47 Å². The summed E-state index contributed by atoms with van der Waals surface area (Å²) in [6.07, 6.45) is 3.45. The Balaban J connectivity index is 1.34. The molecule has 1 N–H and O–H groups in total. The molecule has 1 aromatic heterocycles. The summed E-state index contributed by atoms with van der Waals surface area (Å²) < 4.78 is 24.3. The number of aromatic nitrogens is 1. The van der Waals surface area contributed by atoms with Crippen molar-refractivity contribution in [3.63, 3.8) is 0 Å². The lowest BCUT2D eigenvalue weighted by molar-refractivity contribution is 0.0378. The van der Waals surface area contributed by atoms with Gasteiger partial charge in [-0.15, -0.1) is 0 Å². The van der Waals surface area contributed by atoms with E-state index >= 15 is 0 Å². The average molecular weight is 492 g/mol. The number of pyridine rings is 1. The van der Waals surface area contributed by atoms with Crippen LogP contribution >= 0.6 is 0 Å². The quantitative estimate of drug-likeness (QED) is 0.368. The molecule has 2 heterocycles. The van der Waals surface area contributed by atoms with Gasteiger partial charge in [-0.05, 0) is 74.2 Å². The second-order valence-corrected chi connectivity index (χ2v) is 9.37. The van der Waals surface area contributed by atoms with Gasteiger partial charge in [0.2, 0.25) is 0 Å². The van der Waals surface area contributed by atoms with Crippen LogP contribution in [-0.4, -0.2) is 36.2 Å². The van der Waals surface area contributed by atoms with Gasteiger partial charge in [0, 0.05) is 31.4 Å². The summed E-state index contributed by atoms with van der Waals surface area (Å²) in [6.45, 7) is 7.85. The smallest absolute Gasteiger partial charge is 0.342 e. The first-order valence-electron chi connectivity index (χ1n) is 12.6. The van der Waals surface area contributed by atoms with Gasteiger partial charge in [-0.1, -0.05) is 31.2 Å². The number of ether oxygens (including phenoxy) is 2. The summed E-state index contributed by atoms with van der Waals surface area (Å²) in [7, 11) is 0. The van der Waals surface area contributed by atoms with E-state index in [0.717, 1.165) is 37.2 Å². The van der Waals surface area contributed by atoms with Gasteiger partial charge in [0.25, 0.3) is 0 Å². The van der Waals surface area contributed by atoms with Crippen molar-refractivity contribution < 1.29 is 18.7 Å². The molecule has 0 spiro atoms. The molecule has 2 atom stereocenters. The van der Waals surface area contributed by atoms with Gasteiger partial charge in [-0.2, -0.15) is 0 Å². The Kier molecular flexibility index (Phi) is 8.54. The number of rotatable bonds is 10. The maximum absolute atomic E-state index is 13.1. The lowest BCUT2D eigenvalue weighted by Crippen LogP contribution is -2.35. The second-order valence-electron chi connectivity index (χ2n) is 9.37. The topological polar surface area (TPSA) is 63.7 Å². The zero-order chi connectivity index (χ0) is 25.5. The van der Waals surface area contributed by atoms with Crippen molar-refractivity contribution >= 4 is 11.8 Å². The number of carbonyl (C=O) groups is 1. The van der Waals surface area contributed by atoms with Crippen LogP contribution in [0.4, 0.5) is 10.2 Å². The number of nitrogens with one attached hydrogen (secondary N) is 1. The summed E-state index contributed by atoms with van der Waals surface area (Å²) in [5, 5.41) is 3.78. The molecule has 6 nitrogen and oxygen atoms in total. The molecular weight excluding hydrogens is 457 g/mol. The van der Waals surface area contributed by atoms with Crippen LogP contribution in [0.15, 0.2) is 66.9 Å². The van der Waals surface area contributed by atoms with Crippen molar-refractivity contribution in [3.05, 3.63) is 89.4 Å². The molecule has 2 aromatic carbocycles. The molecule has 1 aliphatic rings. The zero-order valence-corrected chi connectivity index (χ0v) is 21.1. The molecular formula is C29H34FN3O3. The van der Waals surface area contributed by atoms with Gasteiger partial charge in [-0.3, -0.25) is 0 Å². The van der Waals surface area contributed by atoms with E-state index in [9.17, 15) is 9.18 Å². The van der Waals surface area contributed by atoms with Crippen LogP contribution in [0.3, 0.4) is 0 Å². The highest BCUT2D eigenvalue weighted by Gasteiger charge is 2.28. The zero-order valence-electron chi connectivity index (χ0n) is 21.1. The van der Waals surface area contributed by atoms with Crippen molar-refractivity contribution in [1.82, 2.24) is 10.3 Å². The maximum Gasteiger partial charge on any atom is 0.342 e. The van der Waals surface area contributed by atoms with E-state index in [1.807, 2.05) is 26.0 Å². The molecule has 1 aliphatic heterocycles. The Morgan fingerprint density at radius 3 is 2.58 bits per heavy atom. The van der Waals surface area contributed by atoms with Gasteiger partial charge in [0.1, 0.15) is 29.6 Å². The summed E-state index contributed by atoms with van der Waals surface area (Å²) in [5.41, 5.74) is 2.63. The molecule has 0 saturated carbocycles. The van der Waals surface area contributed by atoms with Crippen molar-refractivity contribution in [2.45, 2.75) is 58.4 Å². The summed E-state index contributed by atoms with van der Waals surface area (Å²) in [6, 6.07) is 18.5.